The molecule has 0 saturated heterocycles. The second kappa shape index (κ2) is 9.33. The highest BCUT2D eigenvalue weighted by Crippen LogP contribution is 2.31. The highest BCUT2D eigenvalue weighted by molar-refractivity contribution is 6.01. The number of allylic oxidation sites excluding steroid dienone is 3. The van der Waals surface area contributed by atoms with Gasteiger partial charge in [0.15, 0.2) is 5.78 Å². The van der Waals surface area contributed by atoms with Crippen LogP contribution in [0.25, 0.3) is 0 Å². The third kappa shape index (κ3) is 5.29. The Morgan fingerprint density at radius 2 is 1.42 bits per heavy atom. The lowest BCUT2D eigenvalue weighted by Crippen LogP contribution is -2.27. The summed E-state index contributed by atoms with van der Waals surface area (Å²) in [5, 5.41) is 0. The highest BCUT2D eigenvalue weighted by Gasteiger charge is 2.30. The summed E-state index contributed by atoms with van der Waals surface area (Å²) in [5.74, 6) is 0.203. The van der Waals surface area contributed by atoms with E-state index in [1.807, 2.05) is 44.2 Å². The first kappa shape index (κ1) is 19.9. The van der Waals surface area contributed by atoms with Gasteiger partial charge >= 0.3 is 0 Å². The van der Waals surface area contributed by atoms with Gasteiger partial charge in [0, 0.05) is 5.41 Å². The van der Waals surface area contributed by atoms with E-state index >= 15 is 0 Å². The molecule has 0 radical (unpaired) electrons. The predicted molar refractivity (Wildman–Crippen MR) is 111 cm³/mol. The Bertz CT molecular complexity index is 755. The molecule has 0 spiro atoms. The molecule has 2 aromatic rings. The van der Waals surface area contributed by atoms with Crippen LogP contribution in [0.4, 0.5) is 0 Å². The molecule has 0 heterocycles. The number of hydrogen-bond donors (Lipinski definition) is 0. The predicted octanol–water partition coefficient (Wildman–Crippen LogP) is 6.35. The summed E-state index contributed by atoms with van der Waals surface area (Å²) >= 11 is 0. The summed E-state index contributed by atoms with van der Waals surface area (Å²) in [6.45, 7) is 10.0. The van der Waals surface area contributed by atoms with Gasteiger partial charge in [-0.15, -0.1) is 6.58 Å². The number of ketones is 1. The van der Waals surface area contributed by atoms with E-state index < -0.39 is 5.41 Å². The summed E-state index contributed by atoms with van der Waals surface area (Å²) in [5.41, 5.74) is 4.11. The SMILES string of the molecule is C=CC(C)(CCc1ccccc1)C(=O)/C(C)=C(\C)CCc1ccccc1. The van der Waals surface area contributed by atoms with E-state index in [4.69, 9.17) is 0 Å². The molecule has 136 valence electrons. The maximum atomic E-state index is 13.1. The second-order valence-electron chi connectivity index (χ2n) is 7.33. The van der Waals surface area contributed by atoms with E-state index in [1.165, 1.54) is 16.7 Å². The van der Waals surface area contributed by atoms with Gasteiger partial charge in [-0.1, -0.05) is 72.3 Å². The minimum absolute atomic E-state index is 0.203. The number of benzene rings is 2. The molecule has 0 saturated carbocycles. The summed E-state index contributed by atoms with van der Waals surface area (Å²) in [6, 6.07) is 20.8. The maximum absolute atomic E-state index is 13.1. The van der Waals surface area contributed by atoms with Crippen LogP contribution in [-0.4, -0.2) is 5.78 Å². The van der Waals surface area contributed by atoms with E-state index in [1.54, 1.807) is 0 Å². The van der Waals surface area contributed by atoms with Crippen molar-refractivity contribution in [2.24, 2.45) is 5.41 Å². The van der Waals surface area contributed by atoms with E-state index in [0.717, 1.165) is 31.3 Å². The van der Waals surface area contributed by atoms with Crippen LogP contribution in [0.5, 0.6) is 0 Å². The zero-order valence-corrected chi connectivity index (χ0v) is 16.3. The van der Waals surface area contributed by atoms with Crippen LogP contribution < -0.4 is 0 Å². The second-order valence-corrected chi connectivity index (χ2v) is 7.33. The van der Waals surface area contributed by atoms with Crippen molar-refractivity contribution < 1.29 is 4.79 Å². The van der Waals surface area contributed by atoms with Crippen molar-refractivity contribution in [3.63, 3.8) is 0 Å². The van der Waals surface area contributed by atoms with Crippen LogP contribution in [0.15, 0.2) is 84.5 Å². The van der Waals surface area contributed by atoms with Crippen molar-refractivity contribution in [2.75, 3.05) is 0 Å². The van der Waals surface area contributed by atoms with E-state index in [2.05, 4.69) is 49.9 Å². The molecule has 0 bridgehead atoms. The lowest BCUT2D eigenvalue weighted by Gasteiger charge is -2.25. The number of hydrogen-bond acceptors (Lipinski definition) is 1. The fourth-order valence-corrected chi connectivity index (χ4v) is 3.14. The van der Waals surface area contributed by atoms with Gasteiger partial charge in [0.05, 0.1) is 0 Å². The minimum atomic E-state index is -0.520. The summed E-state index contributed by atoms with van der Waals surface area (Å²) in [6.07, 6.45) is 5.36. The first-order valence-corrected chi connectivity index (χ1v) is 9.39. The van der Waals surface area contributed by atoms with E-state index in [-0.39, 0.29) is 5.78 Å². The van der Waals surface area contributed by atoms with Gasteiger partial charge in [-0.05, 0) is 63.2 Å². The molecule has 2 rings (SSSR count). The lowest BCUT2D eigenvalue weighted by molar-refractivity contribution is -0.122. The molecule has 1 heteroatoms. The van der Waals surface area contributed by atoms with Crippen molar-refractivity contribution in [1.82, 2.24) is 0 Å². The molecule has 1 unspecified atom stereocenters. The molecule has 1 atom stereocenters. The number of carbonyl (C=O) groups is 1. The van der Waals surface area contributed by atoms with Crippen LogP contribution >= 0.6 is 0 Å². The Hall–Kier alpha value is -2.41. The van der Waals surface area contributed by atoms with Gasteiger partial charge in [0.2, 0.25) is 0 Å². The molecule has 0 aliphatic rings. The molecule has 2 aromatic carbocycles. The molecule has 26 heavy (non-hydrogen) atoms. The van der Waals surface area contributed by atoms with Gasteiger partial charge in [-0.2, -0.15) is 0 Å². The molecular weight excluding hydrogens is 316 g/mol. The monoisotopic (exact) mass is 346 g/mol. The zero-order chi connectivity index (χ0) is 19.0. The van der Waals surface area contributed by atoms with Crippen molar-refractivity contribution >= 4 is 5.78 Å². The molecule has 1 nitrogen and oxygen atoms in total. The molecule has 0 N–H and O–H groups in total. The average Bonchev–Trinajstić information content (AvgIpc) is 2.70. The molecule has 0 aromatic heterocycles. The zero-order valence-electron chi connectivity index (χ0n) is 16.3. The number of Topliss-reactive ketones (excluding diaryl/α,β-unsaturated/α-hetero) is 1. The normalized spacial score (nSPS) is 14.3. The van der Waals surface area contributed by atoms with Gasteiger partial charge < -0.3 is 0 Å². The topological polar surface area (TPSA) is 17.1 Å². The average molecular weight is 347 g/mol. The Labute approximate surface area is 158 Å². The van der Waals surface area contributed by atoms with E-state index in [9.17, 15) is 4.79 Å². The third-order valence-corrected chi connectivity index (χ3v) is 5.36. The molecular formula is C25H30O. The van der Waals surface area contributed by atoms with Crippen LogP contribution in [0, 0.1) is 5.41 Å². The fourth-order valence-electron chi connectivity index (χ4n) is 3.14. The lowest BCUT2D eigenvalue weighted by atomic mass is 9.76. The van der Waals surface area contributed by atoms with Crippen molar-refractivity contribution in [3.8, 4) is 0 Å². The number of carbonyl (C=O) groups excluding carboxylic acids is 1. The first-order chi connectivity index (χ1) is 12.5. The third-order valence-electron chi connectivity index (χ3n) is 5.36. The summed E-state index contributed by atoms with van der Waals surface area (Å²) in [7, 11) is 0. The van der Waals surface area contributed by atoms with Crippen molar-refractivity contribution in [3.05, 3.63) is 95.6 Å². The summed E-state index contributed by atoms with van der Waals surface area (Å²) < 4.78 is 0. The van der Waals surface area contributed by atoms with Crippen molar-refractivity contribution in [1.29, 1.82) is 0 Å². The largest absolute Gasteiger partial charge is 0.294 e. The van der Waals surface area contributed by atoms with Gasteiger partial charge in [0.1, 0.15) is 0 Å². The van der Waals surface area contributed by atoms with Gasteiger partial charge in [0.25, 0.3) is 0 Å². The smallest absolute Gasteiger partial charge is 0.168 e. The van der Waals surface area contributed by atoms with Crippen LogP contribution in [-0.2, 0) is 17.6 Å². The standard InChI is InChI=1S/C25H30O/c1-5-25(4,19-18-23-14-10-7-11-15-23)24(26)21(3)20(2)16-17-22-12-8-6-9-13-22/h5-15H,1,16-19H2,2-4H3/b21-20+. The van der Waals surface area contributed by atoms with Crippen molar-refractivity contribution in [2.45, 2.75) is 46.5 Å². The van der Waals surface area contributed by atoms with Crippen LogP contribution in [0.1, 0.15) is 44.7 Å². The molecule has 0 aliphatic heterocycles. The maximum Gasteiger partial charge on any atom is 0.168 e. The highest BCUT2D eigenvalue weighted by atomic mass is 16.1. The first-order valence-electron chi connectivity index (χ1n) is 9.39. The van der Waals surface area contributed by atoms with Gasteiger partial charge in [-0.3, -0.25) is 4.79 Å². The Morgan fingerprint density at radius 3 is 1.92 bits per heavy atom. The quantitative estimate of drug-likeness (QED) is 0.382. The number of rotatable bonds is 9. The fraction of sp³-hybridized carbons (Fsp3) is 0.320. The molecule has 0 aliphatic carbocycles. The summed E-state index contributed by atoms with van der Waals surface area (Å²) in [4.78, 5) is 13.1. The number of aryl methyl sites for hydroxylation is 2. The van der Waals surface area contributed by atoms with Crippen LogP contribution in [0.2, 0.25) is 0 Å². The molecule has 0 fully saturated rings. The Morgan fingerprint density at radius 1 is 0.923 bits per heavy atom. The van der Waals surface area contributed by atoms with Gasteiger partial charge in [-0.25, -0.2) is 0 Å². The minimum Gasteiger partial charge on any atom is -0.294 e. The molecule has 0 amide bonds. The Kier molecular flexibility index (Phi) is 7.15. The van der Waals surface area contributed by atoms with E-state index in [0.29, 0.717) is 0 Å². The van der Waals surface area contributed by atoms with Crippen LogP contribution in [0.3, 0.4) is 0 Å². The Balaban J connectivity index is 2.05.